The van der Waals surface area contributed by atoms with Crippen molar-refractivity contribution >= 4 is 29.3 Å². The van der Waals surface area contributed by atoms with Gasteiger partial charge in [-0.15, -0.1) is 11.3 Å². The summed E-state index contributed by atoms with van der Waals surface area (Å²) in [6.07, 6.45) is 0.344. The highest BCUT2D eigenvalue weighted by atomic mass is 32.1. The number of carbonyl (C=O) groups excluding carboxylic acids is 2. The van der Waals surface area contributed by atoms with Crippen molar-refractivity contribution in [2.75, 3.05) is 0 Å². The third kappa shape index (κ3) is 8.30. The molecule has 8 nitrogen and oxygen atoms in total. The second kappa shape index (κ2) is 12.2. The van der Waals surface area contributed by atoms with Gasteiger partial charge in [0.1, 0.15) is 12.6 Å². The zero-order valence-electron chi connectivity index (χ0n) is 18.8. The van der Waals surface area contributed by atoms with Crippen LogP contribution in [-0.4, -0.2) is 34.1 Å². The SMILES string of the molecule is CC(C)C[C@H](NC(=O)OCc1ccccc1)C(=O)N[C@H](CC(C)C)c1csc(C(=O)O)n1. The van der Waals surface area contributed by atoms with Gasteiger partial charge in [-0.2, -0.15) is 0 Å². The molecule has 174 valence electrons. The number of hydrogen-bond acceptors (Lipinski definition) is 6. The molecule has 32 heavy (non-hydrogen) atoms. The van der Waals surface area contributed by atoms with Crippen LogP contribution in [0.2, 0.25) is 0 Å². The summed E-state index contributed by atoms with van der Waals surface area (Å²) in [7, 11) is 0. The Bertz CT molecular complexity index is 898. The first-order chi connectivity index (χ1) is 15.2. The molecule has 1 heterocycles. The molecular formula is C23H31N3O5S. The number of aromatic nitrogens is 1. The van der Waals surface area contributed by atoms with Gasteiger partial charge in [0, 0.05) is 5.38 Å². The molecule has 0 saturated carbocycles. The van der Waals surface area contributed by atoms with E-state index in [0.717, 1.165) is 16.9 Å². The van der Waals surface area contributed by atoms with Crippen LogP contribution < -0.4 is 10.6 Å². The summed E-state index contributed by atoms with van der Waals surface area (Å²) in [6.45, 7) is 8.04. The molecule has 0 unspecified atom stereocenters. The van der Waals surface area contributed by atoms with Crippen LogP contribution in [0.15, 0.2) is 35.7 Å². The summed E-state index contributed by atoms with van der Waals surface area (Å²) in [5.41, 5.74) is 1.35. The smallest absolute Gasteiger partial charge is 0.408 e. The lowest BCUT2D eigenvalue weighted by molar-refractivity contribution is -0.124. The Balaban J connectivity index is 2.07. The van der Waals surface area contributed by atoms with Crippen LogP contribution in [0.4, 0.5) is 4.79 Å². The molecule has 2 rings (SSSR count). The second-order valence-corrected chi connectivity index (χ2v) is 9.32. The molecule has 9 heteroatoms. The van der Waals surface area contributed by atoms with Gasteiger partial charge in [0.2, 0.25) is 10.9 Å². The number of nitrogens with one attached hydrogen (secondary N) is 2. The fourth-order valence-corrected chi connectivity index (χ4v) is 3.86. The van der Waals surface area contributed by atoms with Crippen molar-refractivity contribution in [2.24, 2.45) is 11.8 Å². The minimum atomic E-state index is -1.10. The van der Waals surface area contributed by atoms with E-state index >= 15 is 0 Å². The van der Waals surface area contributed by atoms with Gasteiger partial charge in [0.25, 0.3) is 0 Å². The zero-order valence-corrected chi connectivity index (χ0v) is 19.6. The van der Waals surface area contributed by atoms with Gasteiger partial charge in [-0.25, -0.2) is 14.6 Å². The van der Waals surface area contributed by atoms with Crippen LogP contribution in [0, 0.1) is 11.8 Å². The van der Waals surface area contributed by atoms with Crippen molar-refractivity contribution in [3.8, 4) is 0 Å². The van der Waals surface area contributed by atoms with E-state index in [1.807, 2.05) is 58.0 Å². The molecule has 3 N–H and O–H groups in total. The Morgan fingerprint density at radius 2 is 1.69 bits per heavy atom. The maximum atomic E-state index is 13.1. The van der Waals surface area contributed by atoms with Crippen molar-refractivity contribution in [3.05, 3.63) is 52.0 Å². The lowest BCUT2D eigenvalue weighted by atomic mass is 9.99. The number of carbonyl (C=O) groups is 3. The monoisotopic (exact) mass is 461 g/mol. The van der Waals surface area contributed by atoms with Gasteiger partial charge in [-0.05, 0) is 30.2 Å². The summed E-state index contributed by atoms with van der Waals surface area (Å²) in [4.78, 5) is 40.8. The van der Waals surface area contributed by atoms with E-state index in [0.29, 0.717) is 18.5 Å². The molecule has 0 fully saturated rings. The standard InChI is InChI=1S/C23H31N3O5S/c1-14(2)10-17(19-13-32-21(25-19)22(28)29)24-20(27)18(11-15(3)4)26-23(30)31-12-16-8-6-5-7-9-16/h5-9,13-15,17-18H,10-12H2,1-4H3,(H,24,27)(H,26,30)(H,28,29)/t17-,18+/m1/s1. The normalized spacial score (nSPS) is 12.9. The van der Waals surface area contributed by atoms with E-state index in [-0.39, 0.29) is 29.4 Å². The lowest BCUT2D eigenvalue weighted by Crippen LogP contribution is -2.48. The van der Waals surface area contributed by atoms with Gasteiger partial charge in [0.15, 0.2) is 0 Å². The lowest BCUT2D eigenvalue weighted by Gasteiger charge is -2.24. The number of carboxylic acids is 1. The van der Waals surface area contributed by atoms with E-state index in [1.54, 1.807) is 5.38 Å². The number of carboxylic acid groups (broad SMARTS) is 1. The third-order valence-electron chi connectivity index (χ3n) is 4.61. The van der Waals surface area contributed by atoms with Gasteiger partial charge in [-0.3, -0.25) is 4.79 Å². The number of hydrogen-bond donors (Lipinski definition) is 3. The molecule has 0 spiro atoms. The number of rotatable bonds is 11. The van der Waals surface area contributed by atoms with E-state index in [1.165, 1.54) is 0 Å². The third-order valence-corrected chi connectivity index (χ3v) is 5.46. The highest BCUT2D eigenvalue weighted by molar-refractivity contribution is 7.11. The van der Waals surface area contributed by atoms with Gasteiger partial charge < -0.3 is 20.5 Å². The molecule has 0 bridgehead atoms. The zero-order chi connectivity index (χ0) is 23.7. The first-order valence-corrected chi connectivity index (χ1v) is 11.5. The first-order valence-electron chi connectivity index (χ1n) is 10.6. The Kier molecular flexibility index (Phi) is 9.64. The number of alkyl carbamates (subject to hydrolysis) is 1. The van der Waals surface area contributed by atoms with E-state index in [2.05, 4.69) is 15.6 Å². The van der Waals surface area contributed by atoms with Crippen LogP contribution in [0.3, 0.4) is 0 Å². The molecule has 0 radical (unpaired) electrons. The topological polar surface area (TPSA) is 118 Å². The number of ether oxygens (including phenoxy) is 1. The van der Waals surface area contributed by atoms with Gasteiger partial charge in [0.05, 0.1) is 11.7 Å². The van der Waals surface area contributed by atoms with E-state index < -0.39 is 24.1 Å². The van der Waals surface area contributed by atoms with Gasteiger partial charge >= 0.3 is 12.1 Å². The quantitative estimate of drug-likeness (QED) is 0.457. The summed E-state index contributed by atoms with van der Waals surface area (Å²) in [6, 6.07) is 8.04. The molecule has 0 aliphatic carbocycles. The number of aromatic carboxylic acids is 1. The first kappa shape index (κ1) is 25.3. The van der Waals surface area contributed by atoms with Crippen molar-refractivity contribution in [1.29, 1.82) is 0 Å². The minimum Gasteiger partial charge on any atom is -0.476 e. The average Bonchev–Trinajstić information content (AvgIpc) is 3.22. The Morgan fingerprint density at radius 3 is 2.25 bits per heavy atom. The number of thiazole rings is 1. The highest BCUT2D eigenvalue weighted by Gasteiger charge is 2.27. The predicted molar refractivity (Wildman–Crippen MR) is 122 cm³/mol. The highest BCUT2D eigenvalue weighted by Crippen LogP contribution is 2.24. The van der Waals surface area contributed by atoms with Crippen LogP contribution in [0.25, 0.3) is 0 Å². The molecule has 1 aromatic heterocycles. The molecule has 0 aliphatic heterocycles. The summed E-state index contributed by atoms with van der Waals surface area (Å²) < 4.78 is 5.27. The van der Waals surface area contributed by atoms with Gasteiger partial charge in [-0.1, -0.05) is 58.0 Å². The largest absolute Gasteiger partial charge is 0.476 e. The summed E-state index contributed by atoms with van der Waals surface area (Å²) >= 11 is 1.02. The molecule has 2 amide bonds. The predicted octanol–water partition coefficient (Wildman–Crippen LogP) is 4.39. The molecule has 0 aliphatic rings. The fourth-order valence-electron chi connectivity index (χ4n) is 3.15. The van der Waals surface area contributed by atoms with Crippen molar-refractivity contribution < 1.29 is 24.2 Å². The average molecular weight is 462 g/mol. The Morgan fingerprint density at radius 1 is 1.03 bits per heavy atom. The fraction of sp³-hybridized carbons (Fsp3) is 0.478. The number of nitrogens with zero attached hydrogens (tertiary/aromatic N) is 1. The van der Waals surface area contributed by atoms with Crippen LogP contribution in [0.1, 0.15) is 67.6 Å². The van der Waals surface area contributed by atoms with Crippen LogP contribution in [0.5, 0.6) is 0 Å². The van der Waals surface area contributed by atoms with Crippen molar-refractivity contribution in [1.82, 2.24) is 15.6 Å². The molecule has 1 aromatic carbocycles. The maximum absolute atomic E-state index is 13.1. The second-order valence-electron chi connectivity index (χ2n) is 8.46. The summed E-state index contributed by atoms with van der Waals surface area (Å²) in [5, 5.41) is 16.4. The van der Waals surface area contributed by atoms with Crippen LogP contribution in [-0.2, 0) is 16.1 Å². The molecule has 0 saturated heterocycles. The Hall–Kier alpha value is -2.94. The van der Waals surface area contributed by atoms with E-state index in [4.69, 9.17) is 9.84 Å². The minimum absolute atomic E-state index is 0.0237. The molecular weight excluding hydrogens is 430 g/mol. The molecule has 2 atom stereocenters. The Labute approximate surface area is 192 Å². The van der Waals surface area contributed by atoms with Crippen LogP contribution >= 0.6 is 11.3 Å². The van der Waals surface area contributed by atoms with Crippen molar-refractivity contribution in [3.63, 3.8) is 0 Å². The van der Waals surface area contributed by atoms with Crippen molar-refractivity contribution in [2.45, 2.75) is 59.2 Å². The van der Waals surface area contributed by atoms with E-state index in [9.17, 15) is 14.4 Å². The summed E-state index contributed by atoms with van der Waals surface area (Å²) in [5.74, 6) is -1.06. The number of benzene rings is 1. The number of amides is 2. The maximum Gasteiger partial charge on any atom is 0.408 e. The molecule has 2 aromatic rings.